The monoisotopic (exact) mass is 239 g/mol. The molecule has 4 nitrogen and oxygen atoms in total. The average molecular weight is 239 g/mol. The molecule has 1 aliphatic heterocycles. The number of carboxylic acids is 1. The minimum Gasteiger partial charge on any atom is -0.480 e. The van der Waals surface area contributed by atoms with Crippen LogP contribution in [-0.2, 0) is 11.3 Å². The van der Waals surface area contributed by atoms with Gasteiger partial charge in [-0.25, -0.2) is 4.39 Å². The minimum atomic E-state index is -1.50. The second-order valence-electron chi connectivity index (χ2n) is 4.14. The predicted molar refractivity (Wildman–Crippen MR) is 59.2 cm³/mol. The molecule has 1 saturated heterocycles. The number of likely N-dealkylation sites (tertiary alicyclic amines) is 1. The number of benzene rings is 1. The number of rotatable bonds is 4. The van der Waals surface area contributed by atoms with E-state index in [0.29, 0.717) is 6.54 Å². The van der Waals surface area contributed by atoms with Crippen molar-refractivity contribution < 1.29 is 19.4 Å². The first-order valence-corrected chi connectivity index (χ1v) is 5.42. The lowest BCUT2D eigenvalue weighted by atomic mass is 9.90. The third kappa shape index (κ3) is 2.16. The second kappa shape index (κ2) is 4.81. The number of aliphatic carboxylic acids is 1. The summed E-state index contributed by atoms with van der Waals surface area (Å²) in [5.74, 6) is -1.18. The summed E-state index contributed by atoms with van der Waals surface area (Å²) in [5, 5.41) is 17.9. The fourth-order valence-electron chi connectivity index (χ4n) is 2.17. The fraction of sp³-hybridized carbons (Fsp3) is 0.417. The van der Waals surface area contributed by atoms with E-state index in [-0.39, 0.29) is 6.61 Å². The van der Waals surface area contributed by atoms with E-state index in [1.165, 1.54) is 4.90 Å². The molecule has 5 heteroatoms. The Hall–Kier alpha value is -1.46. The Kier molecular flexibility index (Phi) is 3.40. The van der Waals surface area contributed by atoms with Gasteiger partial charge in [0.05, 0.1) is 12.6 Å². The molecule has 17 heavy (non-hydrogen) atoms. The number of hydrogen-bond acceptors (Lipinski definition) is 3. The van der Waals surface area contributed by atoms with Crippen LogP contribution in [0.25, 0.3) is 0 Å². The van der Waals surface area contributed by atoms with Gasteiger partial charge in [0.2, 0.25) is 0 Å². The van der Waals surface area contributed by atoms with Crippen LogP contribution in [0.15, 0.2) is 30.3 Å². The fourth-order valence-corrected chi connectivity index (χ4v) is 2.17. The zero-order chi connectivity index (χ0) is 12.4. The van der Waals surface area contributed by atoms with Crippen LogP contribution in [0.3, 0.4) is 0 Å². The van der Waals surface area contributed by atoms with E-state index in [9.17, 15) is 9.18 Å². The van der Waals surface area contributed by atoms with Crippen LogP contribution in [0.2, 0.25) is 0 Å². The van der Waals surface area contributed by atoms with E-state index >= 15 is 0 Å². The summed E-state index contributed by atoms with van der Waals surface area (Å²) in [5.41, 5.74) is 0.907. The largest absolute Gasteiger partial charge is 0.480 e. The molecule has 3 atom stereocenters. The normalized spacial score (nSPS) is 28.7. The maximum Gasteiger partial charge on any atom is 0.324 e. The first-order chi connectivity index (χ1) is 8.15. The average Bonchev–Trinajstić information content (AvgIpc) is 2.30. The second-order valence-corrected chi connectivity index (χ2v) is 4.14. The molecule has 0 amide bonds. The number of halogens is 1. The molecule has 0 aromatic heterocycles. The maximum absolute atomic E-state index is 13.5. The Balaban J connectivity index is 2.10. The summed E-state index contributed by atoms with van der Waals surface area (Å²) < 4.78 is 13.5. The van der Waals surface area contributed by atoms with Crippen molar-refractivity contribution in [1.29, 1.82) is 0 Å². The number of aliphatic hydroxyl groups is 1. The molecule has 0 spiro atoms. The molecule has 92 valence electrons. The SMILES string of the molecule is O=C(O)C1C(F)C(CO)N1Cc1ccccc1. The maximum atomic E-state index is 13.5. The molecule has 1 aromatic rings. The molecule has 1 heterocycles. The standard InChI is InChI=1S/C12H14FNO3/c13-10-9(7-15)14(11(10)12(16)17)6-8-4-2-1-3-5-8/h1-5,9-11,15H,6-7H2,(H,16,17). The number of carboxylic acid groups (broad SMARTS) is 1. The van der Waals surface area contributed by atoms with Gasteiger partial charge in [0.15, 0.2) is 0 Å². The Labute approximate surface area is 98.3 Å². The number of carbonyl (C=O) groups is 1. The van der Waals surface area contributed by atoms with Crippen molar-refractivity contribution in [3.8, 4) is 0 Å². The third-order valence-corrected chi connectivity index (χ3v) is 3.10. The summed E-state index contributed by atoms with van der Waals surface area (Å²) in [7, 11) is 0. The summed E-state index contributed by atoms with van der Waals surface area (Å²) in [6, 6.07) is 7.37. The van der Waals surface area contributed by atoms with Crippen molar-refractivity contribution in [2.75, 3.05) is 6.61 Å². The third-order valence-electron chi connectivity index (χ3n) is 3.10. The quantitative estimate of drug-likeness (QED) is 0.810. The van der Waals surface area contributed by atoms with Gasteiger partial charge in [-0.15, -0.1) is 0 Å². The molecule has 2 rings (SSSR count). The molecule has 1 aliphatic rings. The zero-order valence-corrected chi connectivity index (χ0v) is 9.16. The van der Waals surface area contributed by atoms with Crippen molar-refractivity contribution in [1.82, 2.24) is 4.90 Å². The molecular formula is C12H14FNO3. The van der Waals surface area contributed by atoms with Gasteiger partial charge in [-0.1, -0.05) is 30.3 Å². The predicted octanol–water partition coefficient (Wildman–Crippen LogP) is 0.654. The van der Waals surface area contributed by atoms with Crippen molar-refractivity contribution >= 4 is 5.97 Å². The first-order valence-electron chi connectivity index (χ1n) is 5.42. The smallest absolute Gasteiger partial charge is 0.324 e. The van der Waals surface area contributed by atoms with Crippen LogP contribution in [-0.4, -0.2) is 45.9 Å². The minimum absolute atomic E-state index is 0.337. The highest BCUT2D eigenvalue weighted by Crippen LogP contribution is 2.31. The summed E-state index contributed by atoms with van der Waals surface area (Å²) in [6.45, 7) is -0.0266. The van der Waals surface area contributed by atoms with E-state index in [0.717, 1.165) is 5.56 Å². The van der Waals surface area contributed by atoms with Crippen LogP contribution in [0, 0.1) is 0 Å². The summed E-state index contributed by atoms with van der Waals surface area (Å²) in [6.07, 6.45) is -1.50. The van der Waals surface area contributed by atoms with Gasteiger partial charge < -0.3 is 10.2 Å². The highest BCUT2D eigenvalue weighted by molar-refractivity contribution is 5.76. The van der Waals surface area contributed by atoms with Crippen molar-refractivity contribution in [3.05, 3.63) is 35.9 Å². The molecule has 0 aliphatic carbocycles. The van der Waals surface area contributed by atoms with E-state index in [1.807, 2.05) is 30.3 Å². The number of aliphatic hydroxyl groups excluding tert-OH is 1. The molecule has 1 aromatic carbocycles. The van der Waals surface area contributed by atoms with Gasteiger partial charge >= 0.3 is 5.97 Å². The van der Waals surface area contributed by atoms with Crippen LogP contribution in [0.1, 0.15) is 5.56 Å². The molecule has 3 unspecified atom stereocenters. The lowest BCUT2D eigenvalue weighted by molar-refractivity contribution is -0.167. The highest BCUT2D eigenvalue weighted by Gasteiger charge is 2.52. The van der Waals surface area contributed by atoms with Crippen LogP contribution >= 0.6 is 0 Å². The first kappa shape index (κ1) is 12.0. The molecule has 2 N–H and O–H groups in total. The zero-order valence-electron chi connectivity index (χ0n) is 9.16. The molecule has 0 saturated carbocycles. The van der Waals surface area contributed by atoms with Crippen LogP contribution in [0.4, 0.5) is 4.39 Å². The van der Waals surface area contributed by atoms with Crippen LogP contribution < -0.4 is 0 Å². The van der Waals surface area contributed by atoms with Crippen LogP contribution in [0.5, 0.6) is 0 Å². The van der Waals surface area contributed by atoms with Crippen molar-refractivity contribution in [2.45, 2.75) is 24.8 Å². The van der Waals surface area contributed by atoms with Gasteiger partial charge in [-0.2, -0.15) is 0 Å². The van der Waals surface area contributed by atoms with Gasteiger partial charge in [0.1, 0.15) is 12.2 Å². The van der Waals surface area contributed by atoms with Crippen molar-refractivity contribution in [2.24, 2.45) is 0 Å². The van der Waals surface area contributed by atoms with Gasteiger partial charge in [0.25, 0.3) is 0 Å². The number of alkyl halides is 1. The van der Waals surface area contributed by atoms with E-state index < -0.39 is 24.2 Å². The molecule has 0 bridgehead atoms. The Bertz CT molecular complexity index is 398. The number of nitrogens with zero attached hydrogens (tertiary/aromatic N) is 1. The Morgan fingerprint density at radius 1 is 1.35 bits per heavy atom. The summed E-state index contributed by atoms with van der Waals surface area (Å²) in [4.78, 5) is 12.4. The van der Waals surface area contributed by atoms with E-state index in [1.54, 1.807) is 0 Å². The lowest BCUT2D eigenvalue weighted by Crippen LogP contribution is -2.69. The molecule has 0 radical (unpaired) electrons. The van der Waals surface area contributed by atoms with Gasteiger partial charge in [-0.3, -0.25) is 9.69 Å². The van der Waals surface area contributed by atoms with E-state index in [2.05, 4.69) is 0 Å². The highest BCUT2D eigenvalue weighted by atomic mass is 19.1. The van der Waals surface area contributed by atoms with Gasteiger partial charge in [0, 0.05) is 6.54 Å². The topological polar surface area (TPSA) is 60.8 Å². The Morgan fingerprint density at radius 3 is 2.53 bits per heavy atom. The van der Waals surface area contributed by atoms with Crippen molar-refractivity contribution in [3.63, 3.8) is 0 Å². The lowest BCUT2D eigenvalue weighted by Gasteiger charge is -2.48. The summed E-state index contributed by atoms with van der Waals surface area (Å²) >= 11 is 0. The Morgan fingerprint density at radius 2 is 2.00 bits per heavy atom. The van der Waals surface area contributed by atoms with Gasteiger partial charge in [-0.05, 0) is 5.56 Å². The van der Waals surface area contributed by atoms with E-state index in [4.69, 9.17) is 10.2 Å². The molecular weight excluding hydrogens is 225 g/mol. The number of hydrogen-bond donors (Lipinski definition) is 2. The molecule has 1 fully saturated rings.